The highest BCUT2D eigenvalue weighted by atomic mass is 16.5. The molecule has 0 fully saturated rings. The Morgan fingerprint density at radius 2 is 1.90 bits per heavy atom. The number of amides is 1. The second-order valence-electron chi connectivity index (χ2n) is 7.21. The number of carbonyl (C=O) groups is 1. The van der Waals surface area contributed by atoms with E-state index in [2.05, 4.69) is 33.6 Å². The second kappa shape index (κ2) is 9.56. The predicted molar refractivity (Wildman–Crippen MR) is 118 cm³/mol. The van der Waals surface area contributed by atoms with E-state index in [-0.39, 0.29) is 12.5 Å². The van der Waals surface area contributed by atoms with Crippen LogP contribution in [0.1, 0.15) is 25.0 Å². The van der Waals surface area contributed by atoms with Crippen LogP contribution in [0.15, 0.2) is 42.5 Å². The number of anilines is 1. The van der Waals surface area contributed by atoms with Crippen LogP contribution < -0.4 is 10.1 Å². The van der Waals surface area contributed by atoms with E-state index in [4.69, 9.17) is 4.74 Å². The number of carbonyl (C=O) groups excluding carboxylic acids is 1. The average molecular weight is 395 g/mol. The van der Waals surface area contributed by atoms with Gasteiger partial charge < -0.3 is 14.2 Å². The standard InChI is InChI=1S/C23H30N4O2/c1-5-26(6-2)13-14-27-20-10-8-7-9-19(20)24-23(27)25-22(28)16-29-21-15-17(3)11-12-18(21)4/h7-12,15H,5-6,13-14,16H2,1-4H3,(H,24,25,28). The van der Waals surface area contributed by atoms with E-state index in [1.807, 2.05) is 56.3 Å². The normalized spacial score (nSPS) is 11.2. The zero-order chi connectivity index (χ0) is 20.8. The fraction of sp³-hybridized carbons (Fsp3) is 0.391. The first kappa shape index (κ1) is 20.9. The number of benzene rings is 2. The van der Waals surface area contributed by atoms with Gasteiger partial charge in [-0.2, -0.15) is 0 Å². The van der Waals surface area contributed by atoms with Crippen molar-refractivity contribution in [2.45, 2.75) is 34.2 Å². The van der Waals surface area contributed by atoms with Crippen LogP contribution in [-0.4, -0.2) is 46.6 Å². The molecular formula is C23H30N4O2. The minimum atomic E-state index is -0.217. The van der Waals surface area contributed by atoms with Crippen LogP contribution in [-0.2, 0) is 11.3 Å². The summed E-state index contributed by atoms with van der Waals surface area (Å²) in [5.41, 5.74) is 4.00. The van der Waals surface area contributed by atoms with E-state index in [0.717, 1.165) is 54.1 Å². The highest BCUT2D eigenvalue weighted by Gasteiger charge is 2.14. The number of fused-ring (bicyclic) bond motifs is 1. The molecule has 0 aliphatic rings. The third-order valence-electron chi connectivity index (χ3n) is 5.14. The van der Waals surface area contributed by atoms with E-state index in [9.17, 15) is 4.79 Å². The Morgan fingerprint density at radius 1 is 1.14 bits per heavy atom. The van der Waals surface area contributed by atoms with E-state index in [0.29, 0.717) is 5.95 Å². The minimum Gasteiger partial charge on any atom is -0.483 e. The summed E-state index contributed by atoms with van der Waals surface area (Å²) in [4.78, 5) is 19.5. The smallest absolute Gasteiger partial charge is 0.264 e. The predicted octanol–water partition coefficient (Wildman–Crippen LogP) is 4.01. The highest BCUT2D eigenvalue weighted by molar-refractivity contribution is 5.92. The van der Waals surface area contributed by atoms with Gasteiger partial charge in [-0.05, 0) is 56.3 Å². The Hall–Kier alpha value is -2.86. The molecule has 1 N–H and O–H groups in total. The maximum absolute atomic E-state index is 12.6. The lowest BCUT2D eigenvalue weighted by Crippen LogP contribution is -2.28. The van der Waals surface area contributed by atoms with Crippen LogP contribution in [0.5, 0.6) is 5.75 Å². The fourth-order valence-electron chi connectivity index (χ4n) is 3.35. The summed E-state index contributed by atoms with van der Waals surface area (Å²) in [5, 5.41) is 2.93. The van der Waals surface area contributed by atoms with Gasteiger partial charge in [-0.25, -0.2) is 4.98 Å². The monoisotopic (exact) mass is 394 g/mol. The molecule has 6 heteroatoms. The fourth-order valence-corrected chi connectivity index (χ4v) is 3.35. The van der Waals surface area contributed by atoms with Gasteiger partial charge in [0, 0.05) is 13.1 Å². The SMILES string of the molecule is CCN(CC)CCn1c(NC(=O)COc2cc(C)ccc2C)nc2ccccc21. The number of likely N-dealkylation sites (N-methyl/N-ethyl adjacent to an activating group) is 1. The van der Waals surface area contributed by atoms with E-state index >= 15 is 0 Å². The van der Waals surface area contributed by atoms with Crippen molar-refractivity contribution in [2.24, 2.45) is 0 Å². The Bertz CT molecular complexity index is 976. The van der Waals surface area contributed by atoms with Crippen molar-refractivity contribution in [3.05, 3.63) is 53.6 Å². The summed E-state index contributed by atoms with van der Waals surface area (Å²) < 4.78 is 7.81. The van der Waals surface area contributed by atoms with Crippen LogP contribution in [0, 0.1) is 13.8 Å². The van der Waals surface area contributed by atoms with Crippen molar-refractivity contribution in [1.82, 2.24) is 14.5 Å². The molecule has 3 rings (SSSR count). The number of aryl methyl sites for hydroxylation is 2. The third-order valence-corrected chi connectivity index (χ3v) is 5.14. The van der Waals surface area contributed by atoms with Gasteiger partial charge in [0.05, 0.1) is 11.0 Å². The summed E-state index contributed by atoms with van der Waals surface area (Å²) in [7, 11) is 0. The van der Waals surface area contributed by atoms with E-state index in [1.54, 1.807) is 0 Å². The van der Waals surface area contributed by atoms with Crippen LogP contribution in [0.3, 0.4) is 0 Å². The van der Waals surface area contributed by atoms with Gasteiger partial charge in [-0.3, -0.25) is 10.1 Å². The molecule has 1 amide bonds. The van der Waals surface area contributed by atoms with Crippen LogP contribution in [0.2, 0.25) is 0 Å². The number of nitrogens with one attached hydrogen (secondary N) is 1. The average Bonchev–Trinajstić information content (AvgIpc) is 3.06. The number of nitrogens with zero attached hydrogens (tertiary/aromatic N) is 3. The molecule has 0 radical (unpaired) electrons. The van der Waals surface area contributed by atoms with Gasteiger partial charge >= 0.3 is 0 Å². The van der Waals surface area contributed by atoms with Crippen molar-refractivity contribution in [3.8, 4) is 5.75 Å². The molecule has 0 aliphatic carbocycles. The molecule has 0 bridgehead atoms. The molecule has 0 saturated heterocycles. The molecule has 0 atom stereocenters. The van der Waals surface area contributed by atoms with Gasteiger partial charge in [0.2, 0.25) is 5.95 Å². The molecule has 0 aliphatic heterocycles. The van der Waals surface area contributed by atoms with Gasteiger partial charge in [-0.15, -0.1) is 0 Å². The number of imidazole rings is 1. The van der Waals surface area contributed by atoms with Gasteiger partial charge in [-0.1, -0.05) is 38.1 Å². The second-order valence-corrected chi connectivity index (χ2v) is 7.21. The van der Waals surface area contributed by atoms with Crippen LogP contribution in [0.25, 0.3) is 11.0 Å². The summed E-state index contributed by atoms with van der Waals surface area (Å²) in [5.74, 6) is 1.08. The minimum absolute atomic E-state index is 0.0520. The topological polar surface area (TPSA) is 59.4 Å². The summed E-state index contributed by atoms with van der Waals surface area (Å²) in [6.07, 6.45) is 0. The molecule has 0 unspecified atom stereocenters. The third kappa shape index (κ3) is 5.15. The van der Waals surface area contributed by atoms with Crippen molar-refractivity contribution in [2.75, 3.05) is 31.6 Å². The number of hydrogen-bond donors (Lipinski definition) is 1. The van der Waals surface area contributed by atoms with Gasteiger partial charge in [0.25, 0.3) is 5.91 Å². The van der Waals surface area contributed by atoms with Crippen LogP contribution >= 0.6 is 0 Å². The molecule has 154 valence electrons. The maximum Gasteiger partial charge on any atom is 0.264 e. The Morgan fingerprint density at radius 3 is 2.66 bits per heavy atom. The molecule has 0 spiro atoms. The number of para-hydroxylation sites is 2. The molecule has 2 aromatic carbocycles. The lowest BCUT2D eigenvalue weighted by molar-refractivity contribution is -0.118. The van der Waals surface area contributed by atoms with Gasteiger partial charge in [0.1, 0.15) is 5.75 Å². The van der Waals surface area contributed by atoms with Crippen molar-refractivity contribution < 1.29 is 9.53 Å². The van der Waals surface area contributed by atoms with Gasteiger partial charge in [0.15, 0.2) is 6.61 Å². The van der Waals surface area contributed by atoms with E-state index in [1.165, 1.54) is 0 Å². The Kier molecular flexibility index (Phi) is 6.88. The molecule has 1 aromatic heterocycles. The van der Waals surface area contributed by atoms with Crippen molar-refractivity contribution in [3.63, 3.8) is 0 Å². The Balaban J connectivity index is 1.73. The first-order chi connectivity index (χ1) is 14.0. The lowest BCUT2D eigenvalue weighted by Gasteiger charge is -2.19. The summed E-state index contributed by atoms with van der Waals surface area (Å²) >= 11 is 0. The Labute approximate surface area is 172 Å². The van der Waals surface area contributed by atoms with Crippen molar-refractivity contribution in [1.29, 1.82) is 0 Å². The largest absolute Gasteiger partial charge is 0.483 e. The maximum atomic E-state index is 12.6. The van der Waals surface area contributed by atoms with E-state index < -0.39 is 0 Å². The number of aromatic nitrogens is 2. The molecule has 29 heavy (non-hydrogen) atoms. The molecular weight excluding hydrogens is 364 g/mol. The molecule has 6 nitrogen and oxygen atoms in total. The number of hydrogen-bond acceptors (Lipinski definition) is 4. The summed E-state index contributed by atoms with van der Waals surface area (Å²) in [6.45, 7) is 11.9. The summed E-state index contributed by atoms with van der Waals surface area (Å²) in [6, 6.07) is 13.9. The highest BCUT2D eigenvalue weighted by Crippen LogP contribution is 2.21. The zero-order valence-corrected chi connectivity index (χ0v) is 17.7. The number of ether oxygens (including phenoxy) is 1. The molecule has 1 heterocycles. The first-order valence-corrected chi connectivity index (χ1v) is 10.2. The molecule has 3 aromatic rings. The van der Waals surface area contributed by atoms with Crippen LogP contribution in [0.4, 0.5) is 5.95 Å². The quantitative estimate of drug-likeness (QED) is 0.596. The molecule has 0 saturated carbocycles. The van der Waals surface area contributed by atoms with Crippen molar-refractivity contribution >= 4 is 22.9 Å². The number of rotatable bonds is 9. The lowest BCUT2D eigenvalue weighted by atomic mass is 10.1. The first-order valence-electron chi connectivity index (χ1n) is 10.2. The zero-order valence-electron chi connectivity index (χ0n) is 17.7.